The summed E-state index contributed by atoms with van der Waals surface area (Å²) in [5.74, 6) is -0.0604. The molecule has 6 heteroatoms. The molecule has 1 aromatic carbocycles. The Kier molecular flexibility index (Phi) is 5.68. The Morgan fingerprint density at radius 3 is 2.57 bits per heavy atom. The van der Waals surface area contributed by atoms with E-state index in [1.807, 2.05) is 6.07 Å². The number of hydrogen-bond donors (Lipinski definition) is 0. The maximum atomic E-state index is 14.6. The van der Waals surface area contributed by atoms with Crippen molar-refractivity contribution in [1.82, 2.24) is 4.90 Å². The highest BCUT2D eigenvalue weighted by Crippen LogP contribution is 2.47. The maximum Gasteiger partial charge on any atom is 0.251 e. The van der Waals surface area contributed by atoms with Crippen molar-refractivity contribution in [3.63, 3.8) is 0 Å². The Labute approximate surface area is 184 Å². The van der Waals surface area contributed by atoms with Gasteiger partial charge in [-0.15, -0.1) is 0 Å². The largest absolute Gasteiger partial charge is 0.539 e. The Hall–Kier alpha value is -1.53. The predicted octanol–water partition coefficient (Wildman–Crippen LogP) is 6.41. The van der Waals surface area contributed by atoms with E-state index in [-0.39, 0.29) is 22.6 Å². The average Bonchev–Trinajstić information content (AvgIpc) is 3.43. The van der Waals surface area contributed by atoms with Crippen LogP contribution in [-0.4, -0.2) is 30.8 Å². The lowest BCUT2D eigenvalue weighted by Gasteiger charge is -2.37. The molecule has 3 aliphatic rings. The highest BCUT2D eigenvalue weighted by atomic mass is 32.2. The van der Waals surface area contributed by atoms with Gasteiger partial charge in [0.05, 0.1) is 0 Å². The molecule has 0 N–H and O–H groups in total. The van der Waals surface area contributed by atoms with Gasteiger partial charge in [0.15, 0.2) is 5.78 Å². The van der Waals surface area contributed by atoms with Crippen LogP contribution >= 0.6 is 11.8 Å². The van der Waals surface area contributed by atoms with Gasteiger partial charge in [0.25, 0.3) is 8.32 Å². The fourth-order valence-corrected chi connectivity index (χ4v) is 6.44. The van der Waals surface area contributed by atoms with Crippen LogP contribution in [0.2, 0.25) is 18.1 Å². The molecule has 30 heavy (non-hydrogen) atoms. The van der Waals surface area contributed by atoms with Crippen molar-refractivity contribution in [3.8, 4) is 0 Å². The number of halogens is 1. The third-order valence-electron chi connectivity index (χ3n) is 6.82. The van der Waals surface area contributed by atoms with E-state index in [2.05, 4.69) is 51.0 Å². The van der Waals surface area contributed by atoms with Crippen molar-refractivity contribution in [2.45, 2.75) is 69.5 Å². The maximum absolute atomic E-state index is 14.6. The van der Waals surface area contributed by atoms with Crippen molar-refractivity contribution < 1.29 is 13.6 Å². The van der Waals surface area contributed by atoms with Gasteiger partial charge in [-0.25, -0.2) is 4.39 Å². The summed E-state index contributed by atoms with van der Waals surface area (Å²) in [5, 5.41) is 1.50. The summed E-state index contributed by atoms with van der Waals surface area (Å²) < 4.78 is 21.2. The summed E-state index contributed by atoms with van der Waals surface area (Å²) in [6, 6.07) is 6.19. The van der Waals surface area contributed by atoms with Crippen LogP contribution in [0.3, 0.4) is 0 Å². The van der Waals surface area contributed by atoms with Gasteiger partial charge in [0, 0.05) is 29.5 Å². The number of hydrogen-bond acceptors (Lipinski definition) is 4. The SMILES string of the molecule is CC(C)(C)[Si](C)(C)OC1=CC2=CN(C(C(=O)C3CC3)c3ccccc3F)CCC2S1. The van der Waals surface area contributed by atoms with Crippen LogP contribution in [0.15, 0.2) is 47.2 Å². The zero-order chi connectivity index (χ0) is 21.7. The Morgan fingerprint density at radius 1 is 1.23 bits per heavy atom. The van der Waals surface area contributed by atoms with Crippen molar-refractivity contribution >= 4 is 25.9 Å². The monoisotopic (exact) mass is 445 g/mol. The van der Waals surface area contributed by atoms with E-state index in [9.17, 15) is 9.18 Å². The van der Waals surface area contributed by atoms with Crippen molar-refractivity contribution in [2.75, 3.05) is 6.54 Å². The second-order valence-electron chi connectivity index (χ2n) is 10.2. The summed E-state index contributed by atoms with van der Waals surface area (Å²) in [6.07, 6.45) is 7.01. The van der Waals surface area contributed by atoms with E-state index in [0.29, 0.717) is 10.8 Å². The quantitative estimate of drug-likeness (QED) is 0.473. The number of benzene rings is 1. The molecule has 2 unspecified atom stereocenters. The number of allylic oxidation sites excluding steroid dienone is 1. The molecule has 162 valence electrons. The molecule has 1 aliphatic carbocycles. The number of ketones is 1. The molecule has 3 nitrogen and oxygen atoms in total. The van der Waals surface area contributed by atoms with Crippen LogP contribution in [-0.2, 0) is 9.22 Å². The average molecular weight is 446 g/mol. The Morgan fingerprint density at radius 2 is 1.93 bits per heavy atom. The summed E-state index contributed by atoms with van der Waals surface area (Å²) in [7, 11) is -1.89. The summed E-state index contributed by atoms with van der Waals surface area (Å²) in [6.45, 7) is 12.0. The first kappa shape index (κ1) is 21.7. The van der Waals surface area contributed by atoms with Gasteiger partial charge in [0.2, 0.25) is 0 Å². The van der Waals surface area contributed by atoms with Crippen molar-refractivity contribution in [2.24, 2.45) is 5.92 Å². The number of fused-ring (bicyclic) bond motifs is 1. The van der Waals surface area contributed by atoms with E-state index >= 15 is 0 Å². The van der Waals surface area contributed by atoms with Crippen molar-refractivity contribution in [1.29, 1.82) is 0 Å². The lowest BCUT2D eigenvalue weighted by molar-refractivity contribution is -0.125. The molecule has 2 aliphatic heterocycles. The molecule has 2 atom stereocenters. The zero-order valence-corrected chi connectivity index (χ0v) is 20.4. The molecule has 0 aromatic heterocycles. The molecule has 2 heterocycles. The first-order valence-corrected chi connectivity index (χ1v) is 14.7. The molecule has 1 fully saturated rings. The van der Waals surface area contributed by atoms with Gasteiger partial charge in [-0.1, -0.05) is 50.7 Å². The lowest BCUT2D eigenvalue weighted by Crippen LogP contribution is -2.40. The van der Waals surface area contributed by atoms with Crippen LogP contribution in [0, 0.1) is 11.7 Å². The fourth-order valence-electron chi connectivity index (χ4n) is 3.78. The van der Waals surface area contributed by atoms with Crippen LogP contribution in [0.25, 0.3) is 0 Å². The molecule has 1 saturated carbocycles. The lowest BCUT2D eigenvalue weighted by atomic mass is 9.95. The van der Waals surface area contributed by atoms with E-state index in [0.717, 1.165) is 30.9 Å². The van der Waals surface area contributed by atoms with Crippen LogP contribution < -0.4 is 0 Å². The first-order valence-electron chi connectivity index (χ1n) is 10.9. The minimum atomic E-state index is -1.89. The second kappa shape index (κ2) is 7.86. The molecule has 0 amide bonds. The summed E-state index contributed by atoms with van der Waals surface area (Å²) in [4.78, 5) is 15.2. The number of Topliss-reactive ketones (excluding diaryl/α,β-unsaturated/α-hetero) is 1. The molecular formula is C24H32FNO2SSi. The smallest absolute Gasteiger partial charge is 0.251 e. The van der Waals surface area contributed by atoms with Crippen LogP contribution in [0.5, 0.6) is 0 Å². The van der Waals surface area contributed by atoms with Gasteiger partial charge in [-0.2, -0.15) is 0 Å². The molecular weight excluding hydrogens is 413 g/mol. The van der Waals surface area contributed by atoms with Gasteiger partial charge < -0.3 is 9.33 Å². The second-order valence-corrected chi connectivity index (χ2v) is 16.1. The summed E-state index contributed by atoms with van der Waals surface area (Å²) >= 11 is 1.80. The topological polar surface area (TPSA) is 29.5 Å². The predicted molar refractivity (Wildman–Crippen MR) is 124 cm³/mol. The standard InChI is InChI=1S/C24H32FNO2SSi/c1-24(2,3)30(4,5)28-21-14-17-15-26(13-12-20(17)29-21)22(23(27)16-10-11-16)18-8-6-7-9-19(18)25/h6-9,14-16,20,22H,10-13H2,1-5H3. The highest BCUT2D eigenvalue weighted by molar-refractivity contribution is 8.04. The van der Waals surface area contributed by atoms with Gasteiger partial charge in [-0.05, 0) is 55.1 Å². The minimum Gasteiger partial charge on any atom is -0.539 e. The molecule has 0 saturated heterocycles. The van der Waals surface area contributed by atoms with E-state index in [4.69, 9.17) is 4.43 Å². The normalized spacial score (nSPS) is 22.9. The molecule has 0 spiro atoms. The Balaban J connectivity index is 1.61. The van der Waals surface area contributed by atoms with E-state index < -0.39 is 14.4 Å². The summed E-state index contributed by atoms with van der Waals surface area (Å²) in [5.41, 5.74) is 1.68. The number of rotatable bonds is 6. The van der Waals surface area contributed by atoms with Crippen LogP contribution in [0.4, 0.5) is 4.39 Å². The highest BCUT2D eigenvalue weighted by Gasteiger charge is 2.43. The van der Waals surface area contributed by atoms with Gasteiger partial charge >= 0.3 is 0 Å². The van der Waals surface area contributed by atoms with Gasteiger partial charge in [0.1, 0.15) is 17.0 Å². The number of thioether (sulfide) groups is 1. The van der Waals surface area contributed by atoms with Gasteiger partial charge in [-0.3, -0.25) is 4.79 Å². The molecule has 0 radical (unpaired) electrons. The number of carbonyl (C=O) groups is 1. The third-order valence-corrected chi connectivity index (χ3v) is 12.5. The third kappa shape index (κ3) is 4.26. The van der Waals surface area contributed by atoms with Crippen molar-refractivity contribution in [3.05, 3.63) is 58.6 Å². The Bertz CT molecular complexity index is 901. The van der Waals surface area contributed by atoms with Crippen LogP contribution in [0.1, 0.15) is 51.6 Å². The molecule has 1 aromatic rings. The molecule has 0 bridgehead atoms. The fraction of sp³-hybridized carbons (Fsp3) is 0.542. The van der Waals surface area contributed by atoms with E-state index in [1.165, 1.54) is 11.6 Å². The van der Waals surface area contributed by atoms with E-state index in [1.54, 1.807) is 23.9 Å². The number of carbonyl (C=O) groups excluding carboxylic acids is 1. The zero-order valence-electron chi connectivity index (χ0n) is 18.6. The molecule has 4 rings (SSSR count). The minimum absolute atomic E-state index is 0.0803. The first-order chi connectivity index (χ1) is 14.1. The number of nitrogens with zero attached hydrogens (tertiary/aromatic N) is 1.